The minimum atomic E-state index is -3.56. The van der Waals surface area contributed by atoms with E-state index in [9.17, 15) is 13.2 Å². The third-order valence-corrected chi connectivity index (χ3v) is 9.08. The van der Waals surface area contributed by atoms with E-state index in [0.717, 1.165) is 28.1 Å². The highest BCUT2D eigenvalue weighted by molar-refractivity contribution is 7.91. The molecule has 0 bridgehead atoms. The normalized spacial score (nSPS) is 18.0. The van der Waals surface area contributed by atoms with E-state index in [2.05, 4.69) is 5.32 Å². The second-order valence-corrected chi connectivity index (χ2v) is 11.2. The highest BCUT2D eigenvalue weighted by Gasteiger charge is 2.34. The number of sulfonamides is 1. The van der Waals surface area contributed by atoms with Crippen LogP contribution in [0.3, 0.4) is 0 Å². The molecule has 0 radical (unpaired) electrons. The van der Waals surface area contributed by atoms with Crippen molar-refractivity contribution in [2.75, 3.05) is 18.4 Å². The lowest BCUT2D eigenvalue weighted by Crippen LogP contribution is -2.43. The van der Waals surface area contributed by atoms with E-state index in [0.29, 0.717) is 35.0 Å². The number of amides is 1. The third kappa shape index (κ3) is 4.68. The van der Waals surface area contributed by atoms with Gasteiger partial charge >= 0.3 is 0 Å². The topological polar surface area (TPSA) is 66.5 Å². The Morgan fingerprint density at radius 1 is 1.24 bits per heavy atom. The van der Waals surface area contributed by atoms with Crippen molar-refractivity contribution >= 4 is 44.6 Å². The van der Waals surface area contributed by atoms with E-state index in [1.807, 2.05) is 39.0 Å². The molecule has 1 aliphatic heterocycles. The van der Waals surface area contributed by atoms with Crippen LogP contribution in [0, 0.1) is 12.8 Å². The van der Waals surface area contributed by atoms with Crippen molar-refractivity contribution in [3.63, 3.8) is 0 Å². The molecule has 1 aromatic heterocycles. The van der Waals surface area contributed by atoms with Crippen molar-refractivity contribution in [1.82, 2.24) is 4.31 Å². The van der Waals surface area contributed by atoms with Crippen molar-refractivity contribution in [2.24, 2.45) is 5.92 Å². The second-order valence-electron chi connectivity index (χ2n) is 7.32. The number of hydrogen-bond donors (Lipinski definition) is 1. The van der Waals surface area contributed by atoms with Gasteiger partial charge in [0.05, 0.1) is 5.92 Å². The van der Waals surface area contributed by atoms with Gasteiger partial charge in [-0.15, -0.1) is 11.3 Å². The number of hydrogen-bond acceptors (Lipinski definition) is 4. The number of nitrogens with one attached hydrogen (secondary N) is 1. The molecule has 0 unspecified atom stereocenters. The van der Waals surface area contributed by atoms with Crippen LogP contribution in [0.4, 0.5) is 5.69 Å². The maximum absolute atomic E-state index is 13.1. The number of rotatable bonds is 6. The molecule has 2 heterocycles. The van der Waals surface area contributed by atoms with Gasteiger partial charge in [-0.3, -0.25) is 4.79 Å². The highest BCUT2D eigenvalue weighted by Crippen LogP contribution is 2.32. The first-order valence-electron chi connectivity index (χ1n) is 9.95. The van der Waals surface area contributed by atoms with Crippen LogP contribution < -0.4 is 5.32 Å². The number of carbonyl (C=O) groups excluding carboxylic acids is 1. The molecule has 5 nitrogen and oxygen atoms in total. The van der Waals surface area contributed by atoms with Crippen LogP contribution in [0.25, 0.3) is 0 Å². The van der Waals surface area contributed by atoms with Crippen LogP contribution in [-0.4, -0.2) is 31.7 Å². The number of thiophene rings is 1. The molecule has 1 saturated heterocycles. The smallest absolute Gasteiger partial charge is 0.252 e. The Balaban J connectivity index is 1.80. The van der Waals surface area contributed by atoms with Crippen molar-refractivity contribution in [1.29, 1.82) is 0 Å². The molecule has 29 heavy (non-hydrogen) atoms. The van der Waals surface area contributed by atoms with Crippen molar-refractivity contribution in [3.8, 4) is 0 Å². The number of aryl methyl sites for hydroxylation is 2. The van der Waals surface area contributed by atoms with Gasteiger partial charge < -0.3 is 5.32 Å². The lowest BCUT2D eigenvalue weighted by molar-refractivity contribution is -0.120. The highest BCUT2D eigenvalue weighted by atomic mass is 35.5. The zero-order chi connectivity index (χ0) is 21.2. The predicted octanol–water partition coefficient (Wildman–Crippen LogP) is 4.87. The molecule has 3 rings (SSSR count). The number of piperidine rings is 1. The summed E-state index contributed by atoms with van der Waals surface area (Å²) < 4.78 is 27.7. The van der Waals surface area contributed by atoms with Crippen molar-refractivity contribution < 1.29 is 13.2 Å². The zero-order valence-electron chi connectivity index (χ0n) is 17.0. The Labute approximate surface area is 182 Å². The molecule has 1 N–H and O–H groups in total. The molecular formula is C21H27ClN2O3S2. The van der Waals surface area contributed by atoms with E-state index < -0.39 is 10.0 Å². The van der Waals surface area contributed by atoms with Gasteiger partial charge in [-0.2, -0.15) is 4.31 Å². The molecule has 1 atom stereocenters. The fraction of sp³-hybridized carbons (Fsp3) is 0.476. The summed E-state index contributed by atoms with van der Waals surface area (Å²) in [6.07, 6.45) is 2.83. The molecule has 2 aromatic rings. The molecule has 0 spiro atoms. The molecule has 1 fully saturated rings. The van der Waals surface area contributed by atoms with E-state index in [4.69, 9.17) is 11.6 Å². The van der Waals surface area contributed by atoms with Gasteiger partial charge in [0.25, 0.3) is 10.0 Å². The van der Waals surface area contributed by atoms with Crippen LogP contribution in [0.1, 0.15) is 42.7 Å². The first kappa shape index (κ1) is 22.3. The van der Waals surface area contributed by atoms with Gasteiger partial charge in [0.1, 0.15) is 4.21 Å². The molecular weight excluding hydrogens is 428 g/mol. The Kier molecular flexibility index (Phi) is 7.04. The molecule has 158 valence electrons. The molecule has 1 amide bonds. The minimum Gasteiger partial charge on any atom is -0.325 e. The fourth-order valence-corrected chi connectivity index (χ4v) is 7.00. The Hall–Kier alpha value is -1.41. The van der Waals surface area contributed by atoms with E-state index >= 15 is 0 Å². The van der Waals surface area contributed by atoms with Gasteiger partial charge in [0, 0.05) is 28.7 Å². The van der Waals surface area contributed by atoms with Gasteiger partial charge in [-0.1, -0.05) is 31.5 Å². The molecule has 1 aliphatic rings. The monoisotopic (exact) mass is 454 g/mol. The number of anilines is 1. The molecule has 1 aromatic carbocycles. The van der Waals surface area contributed by atoms with Gasteiger partial charge in [0.15, 0.2) is 0 Å². The third-order valence-electron chi connectivity index (χ3n) is 5.39. The zero-order valence-corrected chi connectivity index (χ0v) is 19.4. The molecule has 0 saturated carbocycles. The Morgan fingerprint density at radius 2 is 2.00 bits per heavy atom. The van der Waals surface area contributed by atoms with E-state index in [1.165, 1.54) is 15.6 Å². The van der Waals surface area contributed by atoms with Crippen molar-refractivity contribution in [3.05, 3.63) is 45.3 Å². The minimum absolute atomic E-state index is 0.140. The summed E-state index contributed by atoms with van der Waals surface area (Å²) in [5.74, 6) is -0.521. The average Bonchev–Trinajstić information content (AvgIpc) is 3.15. The summed E-state index contributed by atoms with van der Waals surface area (Å²) >= 11 is 7.61. The first-order chi connectivity index (χ1) is 13.8. The van der Waals surface area contributed by atoms with E-state index in [-0.39, 0.29) is 18.4 Å². The SMILES string of the molecule is CCc1ccc(Cl)c(CC)c1NC(=O)[C@@H]1CCCN(S(=O)(=O)c2ccc(C)s2)C1. The van der Waals surface area contributed by atoms with Crippen LogP contribution in [-0.2, 0) is 27.7 Å². The number of benzene rings is 1. The van der Waals surface area contributed by atoms with Gasteiger partial charge in [0.2, 0.25) is 5.91 Å². The Bertz CT molecular complexity index is 1000. The number of halogens is 1. The van der Waals surface area contributed by atoms with Gasteiger partial charge in [-0.05, 0) is 61.9 Å². The fourth-order valence-electron chi connectivity index (χ4n) is 3.74. The number of carbonyl (C=O) groups is 1. The molecule has 0 aliphatic carbocycles. The first-order valence-corrected chi connectivity index (χ1v) is 12.6. The summed E-state index contributed by atoms with van der Waals surface area (Å²) in [5.41, 5.74) is 2.74. The van der Waals surface area contributed by atoms with Crippen LogP contribution >= 0.6 is 22.9 Å². The Morgan fingerprint density at radius 3 is 2.62 bits per heavy atom. The van der Waals surface area contributed by atoms with Crippen LogP contribution in [0.2, 0.25) is 5.02 Å². The average molecular weight is 455 g/mol. The summed E-state index contributed by atoms with van der Waals surface area (Å²) in [7, 11) is -3.56. The summed E-state index contributed by atoms with van der Waals surface area (Å²) in [4.78, 5) is 14.0. The van der Waals surface area contributed by atoms with E-state index in [1.54, 1.807) is 6.07 Å². The largest absolute Gasteiger partial charge is 0.325 e. The lowest BCUT2D eigenvalue weighted by Gasteiger charge is -2.31. The predicted molar refractivity (Wildman–Crippen MR) is 119 cm³/mol. The summed E-state index contributed by atoms with van der Waals surface area (Å²) in [6, 6.07) is 7.26. The van der Waals surface area contributed by atoms with Crippen molar-refractivity contribution in [2.45, 2.75) is 50.7 Å². The summed E-state index contributed by atoms with van der Waals surface area (Å²) in [5, 5.41) is 3.70. The van der Waals surface area contributed by atoms with Crippen LogP contribution in [0.15, 0.2) is 28.5 Å². The molecule has 8 heteroatoms. The maximum Gasteiger partial charge on any atom is 0.252 e. The van der Waals surface area contributed by atoms with Gasteiger partial charge in [-0.25, -0.2) is 8.42 Å². The second kappa shape index (κ2) is 9.16. The maximum atomic E-state index is 13.1. The summed E-state index contributed by atoms with van der Waals surface area (Å²) in [6.45, 7) is 6.58. The quantitative estimate of drug-likeness (QED) is 0.676. The van der Waals surface area contributed by atoms with Crippen LogP contribution in [0.5, 0.6) is 0 Å². The lowest BCUT2D eigenvalue weighted by atomic mass is 9.97. The standard InChI is InChI=1S/C21H27ClN2O3S2/c1-4-15-9-10-18(22)17(5-2)20(15)23-21(25)16-7-6-12-24(13-16)29(26,27)19-11-8-14(3)28-19/h8-11,16H,4-7,12-13H2,1-3H3,(H,23,25)/t16-/m1/s1. The number of nitrogens with zero attached hydrogens (tertiary/aromatic N) is 1.